The molecule has 11 heteroatoms. The molecule has 0 bridgehead atoms. The van der Waals surface area contributed by atoms with E-state index in [1.807, 2.05) is 44.2 Å². The van der Waals surface area contributed by atoms with Crippen LogP contribution in [0.15, 0.2) is 70.1 Å². The van der Waals surface area contributed by atoms with Crippen LogP contribution >= 0.6 is 0 Å². The van der Waals surface area contributed by atoms with Crippen molar-refractivity contribution in [2.75, 3.05) is 6.61 Å². The number of rotatable bonds is 7. The van der Waals surface area contributed by atoms with Crippen LogP contribution in [0.25, 0.3) is 11.3 Å². The van der Waals surface area contributed by atoms with Crippen LogP contribution in [0.3, 0.4) is 0 Å². The molecule has 0 radical (unpaired) electrons. The molecule has 3 aliphatic rings. The Morgan fingerprint density at radius 2 is 1.81 bits per heavy atom. The van der Waals surface area contributed by atoms with Gasteiger partial charge in [-0.15, -0.1) is 0 Å². The summed E-state index contributed by atoms with van der Waals surface area (Å²) in [7, 11) is 0. The van der Waals surface area contributed by atoms with Crippen molar-refractivity contribution in [1.82, 2.24) is 0 Å². The number of ether oxygens (including phenoxy) is 4. The van der Waals surface area contributed by atoms with Crippen LogP contribution in [0.2, 0.25) is 0 Å². The van der Waals surface area contributed by atoms with Gasteiger partial charge in [0.15, 0.2) is 12.4 Å². The number of nitrogens with zero attached hydrogens (tertiary/aromatic N) is 1. The molecule has 1 aromatic carbocycles. The second-order valence-corrected chi connectivity index (χ2v) is 13.8. The molecule has 0 unspecified atom stereocenters. The van der Waals surface area contributed by atoms with Gasteiger partial charge in [0.2, 0.25) is 0 Å². The van der Waals surface area contributed by atoms with E-state index in [1.165, 1.54) is 26.2 Å². The largest absolute Gasteiger partial charge is 0.619 e. The molecule has 3 heterocycles. The van der Waals surface area contributed by atoms with Crippen LogP contribution < -0.4 is 15.1 Å². The zero-order valence-corrected chi connectivity index (χ0v) is 27.3. The first-order valence-electron chi connectivity index (χ1n) is 16.0. The Hall–Kier alpha value is -4.22. The molecular formula is C36H41NO10. The Morgan fingerprint density at radius 3 is 2.49 bits per heavy atom. The monoisotopic (exact) mass is 647 g/mol. The lowest BCUT2D eigenvalue weighted by atomic mass is 9.42. The second kappa shape index (κ2) is 12.1. The topological polar surface area (TPSA) is 148 Å². The molecule has 11 nitrogen and oxygen atoms in total. The number of carbonyl (C=O) groups excluding carboxylic acids is 2. The highest BCUT2D eigenvalue weighted by Crippen LogP contribution is 2.67. The molecule has 2 aromatic heterocycles. The Balaban J connectivity index is 1.48. The molecule has 47 heavy (non-hydrogen) atoms. The van der Waals surface area contributed by atoms with Crippen molar-refractivity contribution in [3.63, 3.8) is 0 Å². The van der Waals surface area contributed by atoms with Crippen LogP contribution in [0.1, 0.15) is 71.1 Å². The standard InChI is InChI=1S/C36H41NO10/c1-21(38)44-20-35(4)27-17-29(43-19-23-10-7-6-8-11-23)36(5)32(34(27,3)14-13-28(35)45-22(2)39)31(40)30-26(47-36)16-25(46-33(30)41)24-12-9-15-37(42)18-24/h6-12,15-16,18,27-29,31-32,40H,13-14,17,19-20H2,1-5H3/t27-,28+,29+,31+,32-,34+,35+,36-/m1/s1. The average Bonchev–Trinajstić information content (AvgIpc) is 3.00. The average molecular weight is 648 g/mol. The molecule has 250 valence electrons. The van der Waals surface area contributed by atoms with Gasteiger partial charge in [-0.3, -0.25) is 9.59 Å². The first kappa shape index (κ1) is 32.7. The van der Waals surface area contributed by atoms with Crippen LogP contribution in [-0.4, -0.2) is 41.5 Å². The molecule has 8 atom stereocenters. The highest BCUT2D eigenvalue weighted by atomic mass is 16.6. The van der Waals surface area contributed by atoms with Crippen molar-refractivity contribution in [2.45, 2.75) is 84.4 Å². The molecule has 0 amide bonds. The zero-order chi connectivity index (χ0) is 33.7. The third-order valence-electron chi connectivity index (χ3n) is 10.8. The van der Waals surface area contributed by atoms with Gasteiger partial charge in [0.05, 0.1) is 24.4 Å². The summed E-state index contributed by atoms with van der Waals surface area (Å²) in [6.45, 7) is 8.87. The number of benzene rings is 1. The maximum atomic E-state index is 13.6. The number of hydrogen-bond donors (Lipinski definition) is 1. The normalized spacial score (nSPS) is 32.6. The molecule has 2 aliphatic carbocycles. The van der Waals surface area contributed by atoms with Crippen molar-refractivity contribution in [3.05, 3.63) is 87.7 Å². The van der Waals surface area contributed by atoms with Crippen molar-refractivity contribution < 1.29 is 42.8 Å². The lowest BCUT2D eigenvalue weighted by Crippen LogP contribution is -2.71. The van der Waals surface area contributed by atoms with Crippen LogP contribution in [0.4, 0.5) is 0 Å². The van der Waals surface area contributed by atoms with Gasteiger partial charge in [0.25, 0.3) is 0 Å². The van der Waals surface area contributed by atoms with E-state index in [4.69, 9.17) is 23.4 Å². The number of pyridine rings is 1. The smallest absolute Gasteiger partial charge is 0.345 e. The number of carbonyl (C=O) groups is 2. The number of esters is 2. The van der Waals surface area contributed by atoms with E-state index in [9.17, 15) is 24.7 Å². The minimum absolute atomic E-state index is 0.00496. The number of aromatic nitrogens is 1. The van der Waals surface area contributed by atoms with Gasteiger partial charge in [0.1, 0.15) is 35.4 Å². The van der Waals surface area contributed by atoms with Gasteiger partial charge < -0.3 is 33.7 Å². The van der Waals surface area contributed by atoms with Gasteiger partial charge in [-0.25, -0.2) is 4.79 Å². The fourth-order valence-electron chi connectivity index (χ4n) is 8.77. The molecule has 3 aromatic rings. The first-order valence-corrected chi connectivity index (χ1v) is 16.0. The fourth-order valence-corrected chi connectivity index (χ4v) is 8.77. The first-order chi connectivity index (χ1) is 22.3. The van der Waals surface area contributed by atoms with E-state index in [2.05, 4.69) is 6.92 Å². The van der Waals surface area contributed by atoms with E-state index in [-0.39, 0.29) is 36.2 Å². The summed E-state index contributed by atoms with van der Waals surface area (Å²) in [5.74, 6) is -1.57. The molecule has 1 aliphatic heterocycles. The van der Waals surface area contributed by atoms with E-state index in [0.717, 1.165) is 5.56 Å². The van der Waals surface area contributed by atoms with Crippen molar-refractivity contribution in [2.24, 2.45) is 22.7 Å². The Morgan fingerprint density at radius 1 is 1.06 bits per heavy atom. The number of fused-ring (bicyclic) bond motifs is 4. The maximum Gasteiger partial charge on any atom is 0.345 e. The quantitative estimate of drug-likeness (QED) is 0.218. The van der Waals surface area contributed by atoms with Crippen molar-refractivity contribution in [3.8, 4) is 17.1 Å². The van der Waals surface area contributed by atoms with Gasteiger partial charge in [-0.2, -0.15) is 4.73 Å². The minimum Gasteiger partial charge on any atom is -0.619 e. The van der Waals surface area contributed by atoms with Gasteiger partial charge in [0, 0.05) is 37.3 Å². The Bertz CT molecular complexity index is 1720. The van der Waals surface area contributed by atoms with Crippen LogP contribution in [0, 0.1) is 27.9 Å². The lowest BCUT2D eigenvalue weighted by molar-refractivity contribution is -0.604. The molecule has 1 N–H and O–H groups in total. The minimum atomic E-state index is -1.31. The molecular weight excluding hydrogens is 606 g/mol. The summed E-state index contributed by atoms with van der Waals surface area (Å²) >= 11 is 0. The van der Waals surface area contributed by atoms with Crippen molar-refractivity contribution >= 4 is 11.9 Å². The molecule has 0 saturated heterocycles. The number of aliphatic hydroxyl groups excluding tert-OH is 1. The SMILES string of the molecule is CC(=O)OC[C@@]1(C)[C@@H]2C[C@H](OCc3ccccc3)[C@@]3(C)Oc4cc(-c5ccc[n+]([O-])c5)oc(=O)c4[C@H](O)[C@@H]3[C@@]2(C)CC[C@@H]1OC(C)=O. The highest BCUT2D eigenvalue weighted by molar-refractivity contribution is 5.67. The van der Waals surface area contributed by atoms with Crippen LogP contribution in [-0.2, 0) is 30.4 Å². The summed E-state index contributed by atoms with van der Waals surface area (Å²) in [6.07, 6.45) is 1.53. The maximum absolute atomic E-state index is 13.6. The van der Waals surface area contributed by atoms with E-state index >= 15 is 0 Å². The summed E-state index contributed by atoms with van der Waals surface area (Å²) in [5, 5.41) is 24.3. The number of aliphatic hydroxyl groups is 1. The Kier molecular flexibility index (Phi) is 8.42. The van der Waals surface area contributed by atoms with Gasteiger partial charge in [-0.1, -0.05) is 44.2 Å². The molecule has 6 rings (SSSR count). The predicted molar refractivity (Wildman–Crippen MR) is 168 cm³/mol. The van der Waals surface area contributed by atoms with E-state index in [1.54, 1.807) is 18.2 Å². The van der Waals surface area contributed by atoms with Gasteiger partial charge in [-0.05, 0) is 49.1 Å². The summed E-state index contributed by atoms with van der Waals surface area (Å²) in [4.78, 5) is 38.0. The summed E-state index contributed by atoms with van der Waals surface area (Å²) < 4.78 is 31.3. The third kappa shape index (κ3) is 5.69. The van der Waals surface area contributed by atoms with E-state index in [0.29, 0.717) is 29.6 Å². The zero-order valence-electron chi connectivity index (χ0n) is 27.3. The summed E-state index contributed by atoms with van der Waals surface area (Å²) in [5.41, 5.74) is -2.13. The molecule has 0 spiro atoms. The van der Waals surface area contributed by atoms with Crippen LogP contribution in [0.5, 0.6) is 5.75 Å². The summed E-state index contributed by atoms with van der Waals surface area (Å²) in [6, 6.07) is 14.4. The third-order valence-corrected chi connectivity index (χ3v) is 10.8. The highest BCUT2D eigenvalue weighted by Gasteiger charge is 2.70. The predicted octanol–water partition coefficient (Wildman–Crippen LogP) is 4.65. The fraction of sp³-hybridized carbons (Fsp3) is 0.500. The Labute approximate surface area is 273 Å². The van der Waals surface area contributed by atoms with E-state index < -0.39 is 58.2 Å². The van der Waals surface area contributed by atoms with Crippen molar-refractivity contribution in [1.29, 1.82) is 0 Å². The second-order valence-electron chi connectivity index (χ2n) is 13.8. The molecule has 2 fully saturated rings. The lowest BCUT2D eigenvalue weighted by Gasteiger charge is -2.66. The number of hydrogen-bond acceptors (Lipinski definition) is 10. The van der Waals surface area contributed by atoms with Gasteiger partial charge >= 0.3 is 17.6 Å². The molecule has 2 saturated carbocycles.